The fraction of sp³-hybridized carbons (Fsp3) is 0.417. The molecule has 1 aromatic heterocycles. The minimum Gasteiger partial charge on any atom is -0.347 e. The lowest BCUT2D eigenvalue weighted by Crippen LogP contribution is -2.44. The number of aromatic nitrogens is 1. The smallest absolute Gasteiger partial charge is 0.347 e. The summed E-state index contributed by atoms with van der Waals surface area (Å²) >= 11 is 0. The molecule has 0 saturated carbocycles. The Kier molecular flexibility index (Phi) is 5.23. The summed E-state index contributed by atoms with van der Waals surface area (Å²) in [5, 5.41) is 0. The monoisotopic (exact) mass is 307 g/mol. The van der Waals surface area contributed by atoms with E-state index in [1.54, 1.807) is 0 Å². The van der Waals surface area contributed by atoms with Gasteiger partial charge in [-0.3, -0.25) is 9.59 Å². The third-order valence-corrected chi connectivity index (χ3v) is 2.46. The number of halogens is 4. The van der Waals surface area contributed by atoms with Crippen LogP contribution in [-0.4, -0.2) is 60.0 Å². The minimum absolute atomic E-state index is 0.229. The highest BCUT2D eigenvalue weighted by Crippen LogP contribution is 2.18. The van der Waals surface area contributed by atoms with Crippen molar-refractivity contribution in [3.05, 3.63) is 29.8 Å². The van der Waals surface area contributed by atoms with Crippen LogP contribution in [0.4, 0.5) is 17.6 Å². The molecular formula is C12H13F4N3O2. The summed E-state index contributed by atoms with van der Waals surface area (Å²) in [5.74, 6) is -2.57. The standard InChI is InChI=1S/C12H13F4N3O2/c1-18(2)10(20)6-19(7-12(14,15)16)11(21)8-3-4-9(13)17-5-8/h3-5H,6-7H2,1-2H3. The van der Waals surface area contributed by atoms with Crippen LogP contribution in [0.1, 0.15) is 10.4 Å². The number of nitrogens with zero attached hydrogens (tertiary/aromatic N) is 3. The Bertz CT molecular complexity index is 514. The van der Waals surface area contributed by atoms with E-state index in [9.17, 15) is 27.2 Å². The van der Waals surface area contributed by atoms with Gasteiger partial charge in [0.15, 0.2) is 0 Å². The zero-order valence-corrected chi connectivity index (χ0v) is 11.3. The zero-order chi connectivity index (χ0) is 16.2. The molecule has 0 atom stereocenters. The van der Waals surface area contributed by atoms with E-state index in [0.29, 0.717) is 4.90 Å². The van der Waals surface area contributed by atoms with E-state index in [2.05, 4.69) is 4.98 Å². The lowest BCUT2D eigenvalue weighted by atomic mass is 10.2. The lowest BCUT2D eigenvalue weighted by Gasteiger charge is -2.24. The second-order valence-electron chi connectivity index (χ2n) is 4.43. The molecule has 0 saturated heterocycles. The number of carbonyl (C=O) groups is 2. The van der Waals surface area contributed by atoms with Crippen molar-refractivity contribution in [2.45, 2.75) is 6.18 Å². The number of likely N-dealkylation sites (N-methyl/N-ethyl adjacent to an activating group) is 1. The number of pyridine rings is 1. The van der Waals surface area contributed by atoms with Crippen LogP contribution in [0.15, 0.2) is 18.3 Å². The van der Waals surface area contributed by atoms with Crippen LogP contribution in [-0.2, 0) is 4.79 Å². The Morgan fingerprint density at radius 3 is 2.29 bits per heavy atom. The molecule has 116 valence electrons. The van der Waals surface area contributed by atoms with Gasteiger partial charge in [0, 0.05) is 20.3 Å². The first kappa shape index (κ1) is 16.9. The molecule has 0 unspecified atom stereocenters. The third-order valence-electron chi connectivity index (χ3n) is 2.46. The van der Waals surface area contributed by atoms with E-state index in [1.807, 2.05) is 0 Å². The summed E-state index contributed by atoms with van der Waals surface area (Å²) in [6.07, 6.45) is -3.84. The zero-order valence-electron chi connectivity index (χ0n) is 11.3. The average molecular weight is 307 g/mol. The second-order valence-corrected chi connectivity index (χ2v) is 4.43. The highest BCUT2D eigenvalue weighted by atomic mass is 19.4. The maximum Gasteiger partial charge on any atom is 0.406 e. The van der Waals surface area contributed by atoms with Crippen LogP contribution in [0.5, 0.6) is 0 Å². The predicted octanol–water partition coefficient (Wildman–Crippen LogP) is 1.31. The molecule has 1 aromatic rings. The summed E-state index contributed by atoms with van der Waals surface area (Å²) in [5.41, 5.74) is -0.229. The number of hydrogen-bond donors (Lipinski definition) is 0. The second kappa shape index (κ2) is 6.51. The molecule has 9 heteroatoms. The molecule has 0 radical (unpaired) electrons. The number of hydrogen-bond acceptors (Lipinski definition) is 3. The van der Waals surface area contributed by atoms with Crippen molar-refractivity contribution in [3.63, 3.8) is 0 Å². The minimum atomic E-state index is -4.66. The molecule has 1 heterocycles. The average Bonchev–Trinajstić information content (AvgIpc) is 2.36. The summed E-state index contributed by atoms with van der Waals surface area (Å²) in [7, 11) is 2.72. The van der Waals surface area contributed by atoms with Crippen molar-refractivity contribution in [3.8, 4) is 0 Å². The Morgan fingerprint density at radius 1 is 1.24 bits per heavy atom. The molecule has 0 aromatic carbocycles. The van der Waals surface area contributed by atoms with E-state index in [0.717, 1.165) is 23.2 Å². The van der Waals surface area contributed by atoms with Gasteiger partial charge in [0.1, 0.15) is 13.1 Å². The normalized spacial score (nSPS) is 11.1. The van der Waals surface area contributed by atoms with Crippen molar-refractivity contribution in [2.75, 3.05) is 27.2 Å². The van der Waals surface area contributed by atoms with Gasteiger partial charge in [0.05, 0.1) is 5.56 Å². The van der Waals surface area contributed by atoms with Gasteiger partial charge in [-0.1, -0.05) is 0 Å². The van der Waals surface area contributed by atoms with Gasteiger partial charge in [0.25, 0.3) is 5.91 Å². The van der Waals surface area contributed by atoms with Crippen LogP contribution in [0.25, 0.3) is 0 Å². The molecule has 0 N–H and O–H groups in total. The van der Waals surface area contributed by atoms with Crippen LogP contribution in [0.2, 0.25) is 0 Å². The Balaban J connectivity index is 2.96. The van der Waals surface area contributed by atoms with E-state index in [4.69, 9.17) is 0 Å². The summed E-state index contributed by atoms with van der Waals surface area (Å²) in [6.45, 7) is -2.31. The molecule has 0 aliphatic heterocycles. The van der Waals surface area contributed by atoms with Crippen molar-refractivity contribution in [1.29, 1.82) is 0 Å². The molecule has 0 fully saturated rings. The van der Waals surface area contributed by atoms with E-state index < -0.39 is 37.0 Å². The largest absolute Gasteiger partial charge is 0.406 e. The van der Waals surface area contributed by atoms with Gasteiger partial charge < -0.3 is 9.80 Å². The third kappa shape index (κ3) is 5.36. The SMILES string of the molecule is CN(C)C(=O)CN(CC(F)(F)F)C(=O)c1ccc(F)nc1. The van der Waals surface area contributed by atoms with E-state index in [1.165, 1.54) is 14.1 Å². The van der Waals surface area contributed by atoms with Gasteiger partial charge in [-0.05, 0) is 12.1 Å². The van der Waals surface area contributed by atoms with Gasteiger partial charge in [-0.2, -0.15) is 17.6 Å². The molecule has 0 aliphatic rings. The fourth-order valence-electron chi connectivity index (χ4n) is 1.41. The van der Waals surface area contributed by atoms with Crippen LogP contribution < -0.4 is 0 Å². The van der Waals surface area contributed by atoms with Crippen LogP contribution in [0, 0.1) is 5.95 Å². The van der Waals surface area contributed by atoms with Crippen molar-refractivity contribution >= 4 is 11.8 Å². The van der Waals surface area contributed by atoms with Crippen LogP contribution >= 0.6 is 0 Å². The Labute approximate surface area is 118 Å². The van der Waals surface area contributed by atoms with E-state index >= 15 is 0 Å². The first-order chi connectivity index (χ1) is 9.60. The first-order valence-electron chi connectivity index (χ1n) is 5.78. The number of amides is 2. The molecule has 21 heavy (non-hydrogen) atoms. The Morgan fingerprint density at radius 2 is 1.86 bits per heavy atom. The van der Waals surface area contributed by atoms with Gasteiger partial charge in [-0.25, -0.2) is 4.98 Å². The number of carbonyl (C=O) groups excluding carboxylic acids is 2. The topological polar surface area (TPSA) is 53.5 Å². The summed E-state index contributed by atoms with van der Waals surface area (Å²) < 4.78 is 50.2. The quantitative estimate of drug-likeness (QED) is 0.622. The van der Waals surface area contributed by atoms with Gasteiger partial charge >= 0.3 is 6.18 Å². The fourth-order valence-corrected chi connectivity index (χ4v) is 1.41. The molecule has 1 rings (SSSR count). The van der Waals surface area contributed by atoms with Gasteiger partial charge in [0.2, 0.25) is 11.9 Å². The van der Waals surface area contributed by atoms with Gasteiger partial charge in [-0.15, -0.1) is 0 Å². The lowest BCUT2D eigenvalue weighted by molar-refractivity contribution is -0.146. The summed E-state index contributed by atoms with van der Waals surface area (Å²) in [4.78, 5) is 28.1. The summed E-state index contributed by atoms with van der Waals surface area (Å²) in [6, 6.07) is 1.86. The van der Waals surface area contributed by atoms with E-state index in [-0.39, 0.29) is 5.56 Å². The predicted molar refractivity (Wildman–Crippen MR) is 64.8 cm³/mol. The molecular weight excluding hydrogens is 294 g/mol. The van der Waals surface area contributed by atoms with Crippen molar-refractivity contribution < 1.29 is 27.2 Å². The van der Waals surface area contributed by atoms with Crippen LogP contribution in [0.3, 0.4) is 0 Å². The van der Waals surface area contributed by atoms with Crippen molar-refractivity contribution in [1.82, 2.24) is 14.8 Å². The molecule has 2 amide bonds. The maximum atomic E-state index is 12.7. The van der Waals surface area contributed by atoms with Crippen molar-refractivity contribution in [2.24, 2.45) is 0 Å². The highest BCUT2D eigenvalue weighted by molar-refractivity contribution is 5.96. The molecule has 0 bridgehead atoms. The molecule has 5 nitrogen and oxygen atoms in total. The number of alkyl halides is 3. The number of rotatable bonds is 4. The molecule has 0 aliphatic carbocycles. The Hall–Kier alpha value is -2.19. The maximum absolute atomic E-state index is 12.7. The first-order valence-corrected chi connectivity index (χ1v) is 5.78. The highest BCUT2D eigenvalue weighted by Gasteiger charge is 2.34. The molecule has 0 spiro atoms.